The van der Waals surface area contributed by atoms with Crippen molar-refractivity contribution < 1.29 is 36.7 Å². The molecule has 0 radical (unpaired) electrons. The second kappa shape index (κ2) is 11.6. The number of esters is 2. The van der Waals surface area contributed by atoms with E-state index in [0.717, 1.165) is 35.6 Å². The zero-order valence-corrected chi connectivity index (χ0v) is 22.3. The molecule has 0 bridgehead atoms. The van der Waals surface area contributed by atoms with Crippen molar-refractivity contribution in [2.75, 3.05) is 18.4 Å². The van der Waals surface area contributed by atoms with Gasteiger partial charge >= 0.3 is 11.9 Å². The fourth-order valence-electron chi connectivity index (χ4n) is 3.51. The minimum Gasteiger partial charge on any atom is -0.468 e. The van der Waals surface area contributed by atoms with E-state index < -0.39 is 33.7 Å². The lowest BCUT2D eigenvalue weighted by atomic mass is 10.2. The van der Waals surface area contributed by atoms with Gasteiger partial charge in [-0.2, -0.15) is 4.99 Å². The van der Waals surface area contributed by atoms with Gasteiger partial charge in [0, 0.05) is 11.3 Å². The summed E-state index contributed by atoms with van der Waals surface area (Å²) in [5, 5.41) is 0. The van der Waals surface area contributed by atoms with Crippen LogP contribution in [0.2, 0.25) is 0 Å². The predicted molar refractivity (Wildman–Crippen MR) is 141 cm³/mol. The lowest BCUT2D eigenvalue weighted by molar-refractivity contribution is -0.141. The van der Waals surface area contributed by atoms with Crippen LogP contribution >= 0.6 is 11.3 Å². The van der Waals surface area contributed by atoms with Gasteiger partial charge in [0.2, 0.25) is 0 Å². The van der Waals surface area contributed by atoms with Gasteiger partial charge in [0.05, 0.1) is 34.4 Å². The first-order valence-corrected chi connectivity index (χ1v) is 13.8. The molecule has 0 fully saturated rings. The van der Waals surface area contributed by atoms with Crippen LogP contribution < -0.4 is 9.52 Å². The Morgan fingerprint density at radius 2 is 1.67 bits per heavy atom. The summed E-state index contributed by atoms with van der Waals surface area (Å²) in [4.78, 5) is 41.4. The molecule has 1 heterocycles. The number of hydrogen-bond acceptors (Lipinski definition) is 8. The van der Waals surface area contributed by atoms with Crippen LogP contribution in [-0.4, -0.2) is 44.5 Å². The number of nitrogens with one attached hydrogen (secondary N) is 1. The Hall–Kier alpha value is -4.36. The number of rotatable bonds is 8. The molecule has 1 N–H and O–H groups in total. The van der Waals surface area contributed by atoms with Crippen LogP contribution in [0, 0.1) is 5.82 Å². The van der Waals surface area contributed by atoms with Gasteiger partial charge in [-0.3, -0.25) is 14.3 Å². The van der Waals surface area contributed by atoms with Gasteiger partial charge in [-0.15, -0.1) is 0 Å². The lowest BCUT2D eigenvalue weighted by Crippen LogP contribution is -2.22. The van der Waals surface area contributed by atoms with Gasteiger partial charge in [-0.25, -0.2) is 17.6 Å². The number of sulfonamides is 1. The number of carbonyl (C=O) groups excluding carboxylic acids is 3. The molecule has 13 heteroatoms. The molecular formula is C26H22FN3O7S2. The quantitative estimate of drug-likeness (QED) is 0.319. The van der Waals surface area contributed by atoms with Crippen molar-refractivity contribution in [1.82, 2.24) is 4.57 Å². The maximum Gasteiger partial charge on any atom is 0.338 e. The van der Waals surface area contributed by atoms with E-state index in [9.17, 15) is 27.2 Å². The number of aromatic nitrogens is 1. The van der Waals surface area contributed by atoms with Gasteiger partial charge in [0.15, 0.2) is 4.80 Å². The Bertz CT molecular complexity index is 1730. The molecule has 202 valence electrons. The Morgan fingerprint density at radius 1 is 1.00 bits per heavy atom. The van der Waals surface area contributed by atoms with E-state index in [1.807, 2.05) is 0 Å². The van der Waals surface area contributed by atoms with Gasteiger partial charge in [0.25, 0.3) is 15.9 Å². The fourth-order valence-corrected chi connectivity index (χ4v) is 5.63. The van der Waals surface area contributed by atoms with Crippen molar-refractivity contribution in [2.45, 2.75) is 18.4 Å². The molecule has 0 aliphatic carbocycles. The Kier molecular flexibility index (Phi) is 8.21. The van der Waals surface area contributed by atoms with Crippen LogP contribution in [-0.2, 0) is 30.8 Å². The van der Waals surface area contributed by atoms with E-state index in [1.165, 1.54) is 35.9 Å². The number of methoxy groups -OCH3 is 1. The number of halogens is 1. The normalized spacial score (nSPS) is 11.8. The fraction of sp³-hybridized carbons (Fsp3) is 0.154. The van der Waals surface area contributed by atoms with Crippen LogP contribution in [0.1, 0.15) is 27.6 Å². The molecule has 0 saturated carbocycles. The van der Waals surface area contributed by atoms with Gasteiger partial charge in [-0.05, 0) is 73.7 Å². The molecule has 4 rings (SSSR count). The molecule has 1 aromatic heterocycles. The maximum absolute atomic E-state index is 13.1. The van der Waals surface area contributed by atoms with Crippen LogP contribution in [0.3, 0.4) is 0 Å². The zero-order valence-electron chi connectivity index (χ0n) is 20.7. The Morgan fingerprint density at radius 3 is 2.31 bits per heavy atom. The van der Waals surface area contributed by atoms with E-state index >= 15 is 0 Å². The third-order valence-corrected chi connectivity index (χ3v) is 7.85. The van der Waals surface area contributed by atoms with Gasteiger partial charge in [0.1, 0.15) is 12.4 Å². The molecule has 4 aromatic rings. The van der Waals surface area contributed by atoms with Crippen molar-refractivity contribution in [2.24, 2.45) is 4.99 Å². The summed E-state index contributed by atoms with van der Waals surface area (Å²) in [5.74, 6) is -2.27. The topological polar surface area (TPSA) is 133 Å². The van der Waals surface area contributed by atoms with Crippen molar-refractivity contribution in [3.05, 3.63) is 88.5 Å². The first-order valence-electron chi connectivity index (χ1n) is 11.5. The molecule has 0 unspecified atom stereocenters. The second-order valence-electron chi connectivity index (χ2n) is 8.00. The molecule has 0 saturated heterocycles. The Labute approximate surface area is 226 Å². The summed E-state index contributed by atoms with van der Waals surface area (Å²) < 4.78 is 52.4. The minimum absolute atomic E-state index is 0.120. The minimum atomic E-state index is -3.96. The molecule has 0 aliphatic rings. The highest BCUT2D eigenvalue weighted by atomic mass is 32.2. The van der Waals surface area contributed by atoms with Crippen LogP contribution in [0.5, 0.6) is 0 Å². The number of thiazole rings is 1. The maximum atomic E-state index is 13.1. The number of hydrogen-bond donors (Lipinski definition) is 1. The average Bonchev–Trinajstić information content (AvgIpc) is 3.24. The number of fused-ring (bicyclic) bond motifs is 1. The zero-order chi connectivity index (χ0) is 28.2. The van der Waals surface area contributed by atoms with Crippen LogP contribution in [0.15, 0.2) is 76.6 Å². The number of benzene rings is 3. The second-order valence-corrected chi connectivity index (χ2v) is 10.7. The summed E-state index contributed by atoms with van der Waals surface area (Å²) in [6.07, 6.45) is 0. The summed E-state index contributed by atoms with van der Waals surface area (Å²) in [6, 6.07) is 14.7. The first-order chi connectivity index (χ1) is 18.6. The highest BCUT2D eigenvalue weighted by molar-refractivity contribution is 7.92. The van der Waals surface area contributed by atoms with Crippen molar-refractivity contribution in [3.63, 3.8) is 0 Å². The third-order valence-electron chi connectivity index (χ3n) is 5.41. The molecule has 0 spiro atoms. The van der Waals surface area contributed by atoms with Crippen LogP contribution in [0.4, 0.5) is 10.1 Å². The predicted octanol–water partition coefficient (Wildman–Crippen LogP) is 3.73. The molecule has 3 aromatic carbocycles. The van der Waals surface area contributed by atoms with Gasteiger partial charge < -0.3 is 14.0 Å². The van der Waals surface area contributed by atoms with Crippen molar-refractivity contribution in [1.29, 1.82) is 0 Å². The summed E-state index contributed by atoms with van der Waals surface area (Å²) in [5.41, 5.74) is 1.22. The number of amides is 1. The van der Waals surface area contributed by atoms with E-state index in [2.05, 4.69) is 9.71 Å². The Balaban J connectivity index is 1.64. The molecule has 39 heavy (non-hydrogen) atoms. The van der Waals surface area contributed by atoms with E-state index in [1.54, 1.807) is 25.1 Å². The number of nitrogens with zero attached hydrogens (tertiary/aromatic N) is 2. The lowest BCUT2D eigenvalue weighted by Gasteiger charge is -2.08. The monoisotopic (exact) mass is 571 g/mol. The number of carbonyl (C=O) groups is 3. The number of ether oxygens (including phenoxy) is 2. The molecule has 1 amide bonds. The standard InChI is InChI=1S/C26H22FN3O7S2/c1-3-37-25(33)17-6-13-21-22(14-17)38-26(30(21)15-23(31)36-2)28-24(32)16-4-9-19(10-5-16)29-39(34,35)20-11-7-18(27)8-12-20/h4-14,29H,3,15H2,1-2H3. The van der Waals surface area contributed by atoms with E-state index in [-0.39, 0.29) is 34.1 Å². The van der Waals surface area contributed by atoms with Crippen LogP contribution in [0.25, 0.3) is 10.2 Å². The van der Waals surface area contributed by atoms with Gasteiger partial charge in [-0.1, -0.05) is 11.3 Å². The molecular weight excluding hydrogens is 549 g/mol. The largest absolute Gasteiger partial charge is 0.468 e. The summed E-state index contributed by atoms with van der Waals surface area (Å²) >= 11 is 1.10. The van der Waals surface area contributed by atoms with Crippen molar-refractivity contribution >= 4 is 55.1 Å². The van der Waals surface area contributed by atoms with E-state index in [4.69, 9.17) is 9.47 Å². The SMILES string of the molecule is CCOC(=O)c1ccc2c(c1)sc(=NC(=O)c1ccc(NS(=O)(=O)c3ccc(F)cc3)cc1)n2CC(=O)OC. The first kappa shape index (κ1) is 27.7. The number of anilines is 1. The van der Waals surface area contributed by atoms with Crippen molar-refractivity contribution in [3.8, 4) is 0 Å². The highest BCUT2D eigenvalue weighted by Gasteiger charge is 2.17. The summed E-state index contributed by atoms with van der Waals surface area (Å²) in [7, 11) is -2.72. The third kappa shape index (κ3) is 6.38. The molecule has 0 aliphatic heterocycles. The smallest absolute Gasteiger partial charge is 0.338 e. The summed E-state index contributed by atoms with van der Waals surface area (Å²) in [6.45, 7) is 1.69. The van der Waals surface area contributed by atoms with E-state index in [0.29, 0.717) is 15.8 Å². The molecule has 10 nitrogen and oxygen atoms in total. The highest BCUT2D eigenvalue weighted by Crippen LogP contribution is 2.21. The average molecular weight is 572 g/mol. The molecule has 0 atom stereocenters.